The Morgan fingerprint density at radius 3 is 2.05 bits per heavy atom. The SMILES string of the molecule is Cc1cc(C)c(C)c(-c2nc(C)c(C(=O)O)o2)c1C. The van der Waals surface area contributed by atoms with E-state index in [4.69, 9.17) is 9.52 Å². The first kappa shape index (κ1) is 13.3. The molecule has 0 aliphatic carbocycles. The molecule has 0 spiro atoms. The van der Waals surface area contributed by atoms with Gasteiger partial charge in [0.25, 0.3) is 0 Å². The summed E-state index contributed by atoms with van der Waals surface area (Å²) >= 11 is 0. The molecule has 19 heavy (non-hydrogen) atoms. The highest BCUT2D eigenvalue weighted by Gasteiger charge is 2.20. The van der Waals surface area contributed by atoms with Gasteiger partial charge in [-0.2, -0.15) is 0 Å². The van der Waals surface area contributed by atoms with E-state index in [0.29, 0.717) is 11.6 Å². The Kier molecular flexibility index (Phi) is 3.18. The zero-order valence-corrected chi connectivity index (χ0v) is 11.8. The van der Waals surface area contributed by atoms with Crippen molar-refractivity contribution in [3.8, 4) is 11.5 Å². The minimum atomic E-state index is -1.09. The highest BCUT2D eigenvalue weighted by Crippen LogP contribution is 2.32. The van der Waals surface area contributed by atoms with E-state index in [2.05, 4.69) is 11.1 Å². The molecule has 1 heterocycles. The molecular formula is C15H17NO3. The number of aromatic carboxylic acids is 1. The van der Waals surface area contributed by atoms with E-state index < -0.39 is 5.97 Å². The fourth-order valence-corrected chi connectivity index (χ4v) is 2.24. The number of carboxylic acid groups (broad SMARTS) is 1. The number of benzene rings is 1. The molecule has 1 aromatic heterocycles. The summed E-state index contributed by atoms with van der Waals surface area (Å²) in [6.07, 6.45) is 0. The Hall–Kier alpha value is -2.10. The maximum atomic E-state index is 11.0. The van der Waals surface area contributed by atoms with Gasteiger partial charge >= 0.3 is 5.97 Å². The van der Waals surface area contributed by atoms with Crippen LogP contribution in [0.4, 0.5) is 0 Å². The van der Waals surface area contributed by atoms with Crippen LogP contribution < -0.4 is 0 Å². The van der Waals surface area contributed by atoms with Gasteiger partial charge in [0.05, 0.1) is 5.69 Å². The van der Waals surface area contributed by atoms with E-state index in [1.165, 1.54) is 0 Å². The lowest BCUT2D eigenvalue weighted by molar-refractivity contribution is 0.0662. The fourth-order valence-electron chi connectivity index (χ4n) is 2.24. The third kappa shape index (κ3) is 2.14. The third-order valence-electron chi connectivity index (χ3n) is 3.57. The van der Waals surface area contributed by atoms with E-state index in [0.717, 1.165) is 27.8 Å². The zero-order valence-electron chi connectivity index (χ0n) is 11.8. The second-order valence-corrected chi connectivity index (χ2v) is 4.87. The van der Waals surface area contributed by atoms with Crippen LogP contribution >= 0.6 is 0 Å². The van der Waals surface area contributed by atoms with Gasteiger partial charge < -0.3 is 9.52 Å². The first-order chi connectivity index (χ1) is 8.82. The number of nitrogens with zero attached hydrogens (tertiary/aromatic N) is 1. The standard InChI is InChI=1S/C15H17NO3/c1-7-6-8(2)10(4)12(9(7)3)14-16-11(5)13(19-14)15(17)18/h6H,1-5H3,(H,17,18). The molecule has 2 aromatic rings. The minimum absolute atomic E-state index is 0.0899. The summed E-state index contributed by atoms with van der Waals surface area (Å²) in [5.74, 6) is -0.791. The molecule has 1 N–H and O–H groups in total. The summed E-state index contributed by atoms with van der Waals surface area (Å²) in [6.45, 7) is 9.69. The average Bonchev–Trinajstić information content (AvgIpc) is 2.69. The molecule has 0 saturated carbocycles. The van der Waals surface area contributed by atoms with Gasteiger partial charge in [-0.1, -0.05) is 6.07 Å². The van der Waals surface area contributed by atoms with Crippen molar-refractivity contribution >= 4 is 5.97 Å². The average molecular weight is 259 g/mol. The van der Waals surface area contributed by atoms with Gasteiger partial charge in [-0.15, -0.1) is 0 Å². The molecular weight excluding hydrogens is 242 g/mol. The van der Waals surface area contributed by atoms with Crippen molar-refractivity contribution in [3.63, 3.8) is 0 Å². The van der Waals surface area contributed by atoms with E-state index in [1.54, 1.807) is 6.92 Å². The normalized spacial score (nSPS) is 10.8. The molecule has 100 valence electrons. The van der Waals surface area contributed by atoms with Gasteiger partial charge in [0.15, 0.2) is 0 Å². The Labute approximate surface area is 112 Å². The van der Waals surface area contributed by atoms with E-state index in [9.17, 15) is 4.79 Å². The monoisotopic (exact) mass is 259 g/mol. The summed E-state index contributed by atoms with van der Waals surface area (Å²) in [7, 11) is 0. The quantitative estimate of drug-likeness (QED) is 0.895. The molecule has 2 rings (SSSR count). The van der Waals surface area contributed by atoms with Crippen molar-refractivity contribution in [1.82, 2.24) is 4.98 Å². The molecule has 0 radical (unpaired) electrons. The molecule has 0 amide bonds. The molecule has 0 atom stereocenters. The molecule has 4 heteroatoms. The Bertz CT molecular complexity index is 642. The predicted octanol–water partition coefficient (Wildman–Crippen LogP) is 3.58. The summed E-state index contributed by atoms with van der Waals surface area (Å²) in [5, 5.41) is 9.04. The van der Waals surface area contributed by atoms with Crippen LogP contribution in [0.3, 0.4) is 0 Å². The van der Waals surface area contributed by atoms with Crippen molar-refractivity contribution in [2.45, 2.75) is 34.6 Å². The van der Waals surface area contributed by atoms with Crippen LogP contribution in [-0.2, 0) is 0 Å². The maximum Gasteiger partial charge on any atom is 0.373 e. The van der Waals surface area contributed by atoms with Gasteiger partial charge in [0.1, 0.15) is 0 Å². The van der Waals surface area contributed by atoms with E-state index in [1.807, 2.05) is 27.7 Å². The van der Waals surface area contributed by atoms with Crippen LogP contribution in [0.5, 0.6) is 0 Å². The van der Waals surface area contributed by atoms with Crippen LogP contribution in [0.1, 0.15) is 38.5 Å². The fraction of sp³-hybridized carbons (Fsp3) is 0.333. The van der Waals surface area contributed by atoms with Crippen LogP contribution in [0.15, 0.2) is 10.5 Å². The summed E-state index contributed by atoms with van der Waals surface area (Å²) in [5.41, 5.74) is 5.73. The lowest BCUT2D eigenvalue weighted by Crippen LogP contribution is -1.95. The summed E-state index contributed by atoms with van der Waals surface area (Å²) in [6, 6.07) is 2.11. The highest BCUT2D eigenvalue weighted by molar-refractivity contribution is 5.86. The highest BCUT2D eigenvalue weighted by atomic mass is 16.4. The Balaban J connectivity index is 2.72. The number of aryl methyl sites for hydroxylation is 3. The first-order valence-electron chi connectivity index (χ1n) is 6.11. The molecule has 0 aliphatic heterocycles. The Morgan fingerprint density at radius 2 is 1.63 bits per heavy atom. The summed E-state index contributed by atoms with van der Waals surface area (Å²) < 4.78 is 5.42. The number of oxazole rings is 1. The number of rotatable bonds is 2. The zero-order chi connectivity index (χ0) is 14.3. The molecule has 0 aliphatic rings. The first-order valence-corrected chi connectivity index (χ1v) is 6.11. The van der Waals surface area contributed by atoms with Crippen LogP contribution in [0, 0.1) is 34.6 Å². The number of hydrogen-bond acceptors (Lipinski definition) is 3. The second kappa shape index (κ2) is 4.53. The smallest absolute Gasteiger partial charge is 0.373 e. The van der Waals surface area contributed by atoms with Gasteiger partial charge in [-0.25, -0.2) is 9.78 Å². The molecule has 4 nitrogen and oxygen atoms in total. The second-order valence-electron chi connectivity index (χ2n) is 4.87. The van der Waals surface area contributed by atoms with Crippen molar-refractivity contribution < 1.29 is 14.3 Å². The summed E-state index contributed by atoms with van der Waals surface area (Å²) in [4.78, 5) is 15.3. The van der Waals surface area contributed by atoms with Crippen molar-refractivity contribution in [3.05, 3.63) is 39.8 Å². The van der Waals surface area contributed by atoms with Crippen molar-refractivity contribution in [1.29, 1.82) is 0 Å². The minimum Gasteiger partial charge on any atom is -0.475 e. The maximum absolute atomic E-state index is 11.0. The van der Waals surface area contributed by atoms with Crippen molar-refractivity contribution in [2.24, 2.45) is 0 Å². The molecule has 0 bridgehead atoms. The van der Waals surface area contributed by atoms with Crippen LogP contribution in [0.2, 0.25) is 0 Å². The number of aromatic nitrogens is 1. The Morgan fingerprint density at radius 1 is 1.11 bits per heavy atom. The van der Waals surface area contributed by atoms with Crippen LogP contribution in [-0.4, -0.2) is 16.1 Å². The molecule has 0 saturated heterocycles. The third-order valence-corrected chi connectivity index (χ3v) is 3.57. The van der Waals surface area contributed by atoms with Gasteiger partial charge in [-0.3, -0.25) is 0 Å². The number of carboxylic acids is 1. The van der Waals surface area contributed by atoms with Gasteiger partial charge in [-0.05, 0) is 56.9 Å². The molecule has 1 aromatic carbocycles. The van der Waals surface area contributed by atoms with Gasteiger partial charge in [0.2, 0.25) is 11.7 Å². The number of hydrogen-bond donors (Lipinski definition) is 1. The van der Waals surface area contributed by atoms with Crippen LogP contribution in [0.25, 0.3) is 11.5 Å². The largest absolute Gasteiger partial charge is 0.475 e. The topological polar surface area (TPSA) is 63.3 Å². The van der Waals surface area contributed by atoms with Gasteiger partial charge in [0, 0.05) is 5.56 Å². The number of carbonyl (C=O) groups is 1. The molecule has 0 fully saturated rings. The molecule has 0 unspecified atom stereocenters. The lowest BCUT2D eigenvalue weighted by Gasteiger charge is -2.12. The van der Waals surface area contributed by atoms with E-state index in [-0.39, 0.29) is 5.76 Å². The lowest BCUT2D eigenvalue weighted by atomic mass is 9.94. The van der Waals surface area contributed by atoms with Crippen molar-refractivity contribution in [2.75, 3.05) is 0 Å². The van der Waals surface area contributed by atoms with E-state index >= 15 is 0 Å². The predicted molar refractivity (Wildman–Crippen MR) is 72.6 cm³/mol.